The van der Waals surface area contributed by atoms with E-state index in [1.807, 2.05) is 12.2 Å². The first-order valence-electron chi connectivity index (χ1n) is 10.1. The van der Waals surface area contributed by atoms with Gasteiger partial charge >= 0.3 is 5.97 Å². The van der Waals surface area contributed by atoms with Crippen LogP contribution in [0.25, 0.3) is 0 Å². The van der Waals surface area contributed by atoms with Gasteiger partial charge in [0.2, 0.25) is 15.9 Å². The van der Waals surface area contributed by atoms with Crippen molar-refractivity contribution in [3.63, 3.8) is 0 Å². The Hall–Kier alpha value is -2.19. The molecule has 2 aliphatic carbocycles. The van der Waals surface area contributed by atoms with Crippen LogP contribution in [0.2, 0.25) is 0 Å². The van der Waals surface area contributed by atoms with Crippen molar-refractivity contribution < 1.29 is 23.1 Å². The Bertz CT molecular complexity index is 932. The van der Waals surface area contributed by atoms with E-state index in [0.29, 0.717) is 31.1 Å². The van der Waals surface area contributed by atoms with Gasteiger partial charge in [0.15, 0.2) is 0 Å². The van der Waals surface area contributed by atoms with Crippen LogP contribution in [0, 0.1) is 29.6 Å². The van der Waals surface area contributed by atoms with Crippen molar-refractivity contribution in [2.75, 3.05) is 18.4 Å². The van der Waals surface area contributed by atoms with E-state index >= 15 is 0 Å². The molecule has 1 amide bonds. The number of carbonyl (C=O) groups excluding carboxylic acids is 1. The molecule has 2 fully saturated rings. The standard InChI is InChI=1S/C21H26N2O5S/c1-13-8-10-23(11-9-13)29(27,28)17-6-4-16(5-7-17)22-20(24)18-14-2-3-15(12-14)19(18)21(25)26/h2-7,13-15,18-19H,8-12H2,1H3,(H,22,24)(H,25,26). The van der Waals surface area contributed by atoms with Crippen molar-refractivity contribution in [3.05, 3.63) is 36.4 Å². The SMILES string of the molecule is CC1CCN(S(=O)(=O)c2ccc(NC(=O)C3C4C=CC(C4)C3C(=O)O)cc2)CC1. The topological polar surface area (TPSA) is 104 Å². The molecule has 8 heteroatoms. The highest BCUT2D eigenvalue weighted by Crippen LogP contribution is 2.48. The van der Waals surface area contributed by atoms with Gasteiger partial charge in [-0.15, -0.1) is 0 Å². The van der Waals surface area contributed by atoms with E-state index in [4.69, 9.17) is 0 Å². The summed E-state index contributed by atoms with van der Waals surface area (Å²) in [5.41, 5.74) is 0.470. The fraction of sp³-hybridized carbons (Fsp3) is 0.524. The molecule has 4 atom stereocenters. The highest BCUT2D eigenvalue weighted by atomic mass is 32.2. The van der Waals surface area contributed by atoms with E-state index in [-0.39, 0.29) is 22.6 Å². The minimum absolute atomic E-state index is 0.0535. The Morgan fingerprint density at radius 1 is 1.03 bits per heavy atom. The number of fused-ring (bicyclic) bond motifs is 2. The summed E-state index contributed by atoms with van der Waals surface area (Å²) < 4.78 is 27.1. The lowest BCUT2D eigenvalue weighted by Gasteiger charge is -2.29. The summed E-state index contributed by atoms with van der Waals surface area (Å²) in [6.45, 7) is 3.18. The van der Waals surface area contributed by atoms with Crippen LogP contribution in [0.4, 0.5) is 5.69 Å². The molecule has 1 aliphatic heterocycles. The zero-order chi connectivity index (χ0) is 20.8. The van der Waals surface area contributed by atoms with E-state index in [1.54, 1.807) is 12.1 Å². The van der Waals surface area contributed by atoms with Crippen molar-refractivity contribution in [2.45, 2.75) is 31.1 Å². The number of hydrogen-bond donors (Lipinski definition) is 2. The quantitative estimate of drug-likeness (QED) is 0.716. The van der Waals surface area contributed by atoms with Gasteiger partial charge in [-0.3, -0.25) is 9.59 Å². The summed E-state index contributed by atoms with van der Waals surface area (Å²) in [4.78, 5) is 24.5. The highest BCUT2D eigenvalue weighted by Gasteiger charge is 2.51. The van der Waals surface area contributed by atoms with Crippen molar-refractivity contribution in [3.8, 4) is 0 Å². The molecular formula is C21H26N2O5S. The molecule has 29 heavy (non-hydrogen) atoms. The third kappa shape index (κ3) is 3.71. The molecule has 4 unspecified atom stereocenters. The van der Waals surface area contributed by atoms with Gasteiger partial charge in [-0.05, 0) is 61.3 Å². The van der Waals surface area contributed by atoms with E-state index < -0.39 is 27.8 Å². The Morgan fingerprint density at radius 3 is 2.21 bits per heavy atom. The molecule has 0 spiro atoms. The number of carboxylic acid groups (broad SMARTS) is 1. The Labute approximate surface area is 170 Å². The number of carboxylic acids is 1. The first-order valence-corrected chi connectivity index (χ1v) is 11.5. The number of benzene rings is 1. The second kappa shape index (κ2) is 7.57. The number of amides is 1. The van der Waals surface area contributed by atoms with Gasteiger partial charge in [0, 0.05) is 18.8 Å². The van der Waals surface area contributed by atoms with Crippen LogP contribution in [0.5, 0.6) is 0 Å². The average molecular weight is 419 g/mol. The number of carbonyl (C=O) groups is 2. The number of sulfonamides is 1. The van der Waals surface area contributed by atoms with E-state index in [0.717, 1.165) is 12.8 Å². The van der Waals surface area contributed by atoms with E-state index in [9.17, 15) is 23.1 Å². The maximum Gasteiger partial charge on any atom is 0.307 e. The monoisotopic (exact) mass is 418 g/mol. The summed E-state index contributed by atoms with van der Waals surface area (Å²) in [6, 6.07) is 6.13. The summed E-state index contributed by atoms with van der Waals surface area (Å²) >= 11 is 0. The lowest BCUT2D eigenvalue weighted by molar-refractivity contribution is -0.146. The fourth-order valence-corrected chi connectivity index (χ4v) is 6.30. The maximum absolute atomic E-state index is 12.8. The van der Waals surface area contributed by atoms with Crippen LogP contribution in [0.3, 0.4) is 0 Å². The van der Waals surface area contributed by atoms with Crippen LogP contribution in [-0.4, -0.2) is 42.8 Å². The maximum atomic E-state index is 12.8. The molecule has 0 aromatic heterocycles. The second-order valence-corrected chi connectivity index (χ2v) is 10.4. The average Bonchev–Trinajstić information content (AvgIpc) is 3.30. The Morgan fingerprint density at radius 2 is 1.62 bits per heavy atom. The fourth-order valence-electron chi connectivity index (χ4n) is 4.83. The smallest absolute Gasteiger partial charge is 0.307 e. The highest BCUT2D eigenvalue weighted by molar-refractivity contribution is 7.89. The predicted octanol–water partition coefficient (Wildman–Crippen LogP) is 2.57. The third-order valence-corrected chi connectivity index (χ3v) is 8.46. The molecule has 4 rings (SSSR count). The molecule has 2 bridgehead atoms. The van der Waals surface area contributed by atoms with Gasteiger partial charge in [0.25, 0.3) is 0 Å². The molecule has 1 saturated carbocycles. The van der Waals surface area contributed by atoms with Crippen molar-refractivity contribution >= 4 is 27.6 Å². The number of nitrogens with one attached hydrogen (secondary N) is 1. The second-order valence-electron chi connectivity index (χ2n) is 8.44. The number of anilines is 1. The summed E-state index contributed by atoms with van der Waals surface area (Å²) in [7, 11) is -3.54. The normalized spacial score (nSPS) is 29.8. The summed E-state index contributed by atoms with van der Waals surface area (Å²) in [6.07, 6.45) is 6.24. The number of allylic oxidation sites excluding steroid dienone is 2. The van der Waals surface area contributed by atoms with Gasteiger partial charge in [-0.25, -0.2) is 8.42 Å². The molecule has 156 valence electrons. The summed E-state index contributed by atoms with van der Waals surface area (Å²) in [5.74, 6) is -2.17. The molecule has 3 aliphatic rings. The van der Waals surface area contributed by atoms with Crippen LogP contribution in [-0.2, 0) is 19.6 Å². The molecule has 7 nitrogen and oxygen atoms in total. The zero-order valence-electron chi connectivity index (χ0n) is 16.3. The van der Waals surface area contributed by atoms with Gasteiger partial charge in [-0.2, -0.15) is 4.31 Å². The third-order valence-electron chi connectivity index (χ3n) is 6.55. The number of piperidine rings is 1. The number of nitrogens with zero attached hydrogens (tertiary/aromatic N) is 1. The lowest BCUT2D eigenvalue weighted by atomic mass is 9.82. The first-order chi connectivity index (χ1) is 13.8. The Balaban J connectivity index is 1.45. The lowest BCUT2D eigenvalue weighted by Crippen LogP contribution is -2.37. The van der Waals surface area contributed by atoms with Crippen LogP contribution < -0.4 is 5.32 Å². The van der Waals surface area contributed by atoms with Gasteiger partial charge in [-0.1, -0.05) is 19.1 Å². The predicted molar refractivity (Wildman–Crippen MR) is 108 cm³/mol. The van der Waals surface area contributed by atoms with Crippen molar-refractivity contribution in [1.82, 2.24) is 4.31 Å². The molecule has 1 aromatic carbocycles. The largest absolute Gasteiger partial charge is 0.481 e. The number of aliphatic carboxylic acids is 1. The minimum atomic E-state index is -3.54. The minimum Gasteiger partial charge on any atom is -0.481 e. The first kappa shape index (κ1) is 20.1. The molecule has 1 aromatic rings. The van der Waals surface area contributed by atoms with E-state index in [1.165, 1.54) is 16.4 Å². The van der Waals surface area contributed by atoms with Gasteiger partial charge in [0.1, 0.15) is 0 Å². The van der Waals surface area contributed by atoms with Crippen LogP contribution in [0.15, 0.2) is 41.3 Å². The number of hydrogen-bond acceptors (Lipinski definition) is 4. The zero-order valence-corrected chi connectivity index (χ0v) is 17.1. The van der Waals surface area contributed by atoms with Crippen LogP contribution in [0.1, 0.15) is 26.2 Å². The van der Waals surface area contributed by atoms with Gasteiger partial charge < -0.3 is 10.4 Å². The molecule has 0 radical (unpaired) electrons. The van der Waals surface area contributed by atoms with Crippen molar-refractivity contribution in [1.29, 1.82) is 0 Å². The molecule has 2 N–H and O–H groups in total. The molecular weight excluding hydrogens is 392 g/mol. The van der Waals surface area contributed by atoms with Crippen LogP contribution >= 0.6 is 0 Å². The molecule has 1 heterocycles. The van der Waals surface area contributed by atoms with E-state index in [2.05, 4.69) is 12.2 Å². The van der Waals surface area contributed by atoms with Crippen molar-refractivity contribution in [2.24, 2.45) is 29.6 Å². The number of rotatable bonds is 5. The van der Waals surface area contributed by atoms with Gasteiger partial charge in [0.05, 0.1) is 16.7 Å². The molecule has 1 saturated heterocycles. The summed E-state index contributed by atoms with van der Waals surface area (Å²) in [5, 5.41) is 12.3. The Kier molecular flexibility index (Phi) is 5.25.